The molecule has 0 aliphatic carbocycles. The first-order chi connectivity index (χ1) is 10.7. The molecule has 0 aromatic heterocycles. The van der Waals surface area contributed by atoms with Gasteiger partial charge in [-0.2, -0.15) is 0 Å². The second kappa shape index (κ2) is 16.8. The summed E-state index contributed by atoms with van der Waals surface area (Å²) in [5.41, 5.74) is 0. The van der Waals surface area contributed by atoms with Crippen LogP contribution in [-0.4, -0.2) is 28.9 Å². The van der Waals surface area contributed by atoms with E-state index < -0.39 is 5.97 Å². The van der Waals surface area contributed by atoms with Gasteiger partial charge in [-0.25, -0.2) is 0 Å². The van der Waals surface area contributed by atoms with E-state index in [1.165, 1.54) is 19.3 Å². The second-order valence-electron chi connectivity index (χ2n) is 6.32. The van der Waals surface area contributed by atoms with Gasteiger partial charge in [0.25, 0.3) is 0 Å². The van der Waals surface area contributed by atoms with Crippen molar-refractivity contribution in [2.75, 3.05) is 6.61 Å². The van der Waals surface area contributed by atoms with Gasteiger partial charge in [0.2, 0.25) is 0 Å². The molecular weight excluding hydrogens is 280 g/mol. The Hall–Kier alpha value is -0.610. The van der Waals surface area contributed by atoms with Gasteiger partial charge in [0, 0.05) is 12.6 Å². The fraction of sp³-hybridized carbons (Fsp3) is 0.944. The third-order valence-electron chi connectivity index (χ3n) is 4.11. The Balaban J connectivity index is 3.15. The summed E-state index contributed by atoms with van der Waals surface area (Å²) in [6.07, 6.45) is 14.6. The lowest BCUT2D eigenvalue weighted by molar-refractivity contribution is -0.305. The van der Waals surface area contributed by atoms with Gasteiger partial charge in [0.05, 0.1) is 6.10 Å². The molecule has 1 atom stereocenters. The molecule has 0 bridgehead atoms. The van der Waals surface area contributed by atoms with Crippen LogP contribution in [0.25, 0.3) is 0 Å². The summed E-state index contributed by atoms with van der Waals surface area (Å²) in [4.78, 5) is 10.2. The molecule has 0 aliphatic rings. The molecule has 4 heteroatoms. The molecule has 2 N–H and O–H groups in total. The lowest BCUT2D eigenvalue weighted by Crippen LogP contribution is -2.21. The van der Waals surface area contributed by atoms with Crippen LogP contribution in [-0.2, 0) is 4.79 Å². The SMILES string of the molecule is O=C([O-])CCCCCCCCC(O)CCCCCCCCO. The van der Waals surface area contributed by atoms with Crippen LogP contribution in [0.5, 0.6) is 0 Å². The maximum Gasteiger partial charge on any atom is 0.0540 e. The molecule has 0 saturated carbocycles. The average molecular weight is 315 g/mol. The maximum absolute atomic E-state index is 10.2. The van der Waals surface area contributed by atoms with Crippen LogP contribution in [0.2, 0.25) is 0 Å². The molecule has 0 fully saturated rings. The van der Waals surface area contributed by atoms with Crippen molar-refractivity contribution in [2.24, 2.45) is 0 Å². The molecule has 0 saturated heterocycles. The first kappa shape index (κ1) is 21.4. The number of hydrogen-bond acceptors (Lipinski definition) is 4. The zero-order chi connectivity index (χ0) is 16.5. The van der Waals surface area contributed by atoms with E-state index in [9.17, 15) is 15.0 Å². The molecule has 0 aliphatic heterocycles. The third-order valence-corrected chi connectivity index (χ3v) is 4.11. The molecule has 0 radical (unpaired) electrons. The molecule has 1 unspecified atom stereocenters. The molecule has 0 aromatic carbocycles. The Kier molecular flexibility index (Phi) is 16.3. The van der Waals surface area contributed by atoms with Crippen molar-refractivity contribution < 1.29 is 20.1 Å². The van der Waals surface area contributed by atoms with Crippen LogP contribution in [0.3, 0.4) is 0 Å². The average Bonchev–Trinajstić information content (AvgIpc) is 2.48. The summed E-state index contributed by atoms with van der Waals surface area (Å²) in [6.45, 7) is 0.301. The zero-order valence-corrected chi connectivity index (χ0v) is 14.1. The Morgan fingerprint density at radius 3 is 1.59 bits per heavy atom. The quantitative estimate of drug-likeness (QED) is 0.404. The number of aliphatic hydroxyl groups is 2. The van der Waals surface area contributed by atoms with E-state index in [-0.39, 0.29) is 12.5 Å². The highest BCUT2D eigenvalue weighted by Gasteiger charge is 2.03. The third kappa shape index (κ3) is 17.4. The van der Waals surface area contributed by atoms with E-state index in [0.29, 0.717) is 6.61 Å². The van der Waals surface area contributed by atoms with Crippen LogP contribution in [0.4, 0.5) is 0 Å². The number of hydrogen-bond donors (Lipinski definition) is 2. The number of carboxylic acids is 1. The summed E-state index contributed by atoms with van der Waals surface area (Å²) in [5.74, 6) is -0.948. The molecule has 0 rings (SSSR count). The highest BCUT2D eigenvalue weighted by Crippen LogP contribution is 2.14. The van der Waals surface area contributed by atoms with Crippen LogP contribution in [0.1, 0.15) is 96.3 Å². The minimum atomic E-state index is -0.948. The zero-order valence-electron chi connectivity index (χ0n) is 14.1. The van der Waals surface area contributed by atoms with Gasteiger partial charge in [0.1, 0.15) is 0 Å². The minimum absolute atomic E-state index is 0.157. The molecule has 4 nitrogen and oxygen atoms in total. The van der Waals surface area contributed by atoms with E-state index in [4.69, 9.17) is 5.11 Å². The van der Waals surface area contributed by atoms with Crippen LogP contribution >= 0.6 is 0 Å². The fourth-order valence-electron chi connectivity index (χ4n) is 2.70. The molecule has 22 heavy (non-hydrogen) atoms. The summed E-state index contributed by atoms with van der Waals surface area (Å²) in [5, 5.41) is 28.8. The molecule has 132 valence electrons. The van der Waals surface area contributed by atoms with Crippen molar-refractivity contribution in [1.29, 1.82) is 0 Å². The number of aliphatic hydroxyl groups excluding tert-OH is 2. The van der Waals surface area contributed by atoms with Crippen LogP contribution in [0.15, 0.2) is 0 Å². The molecule has 0 heterocycles. The molecule has 0 aromatic rings. The normalized spacial score (nSPS) is 12.5. The highest BCUT2D eigenvalue weighted by molar-refractivity contribution is 5.63. The Labute approximate surface area is 135 Å². The second-order valence-corrected chi connectivity index (χ2v) is 6.32. The number of aliphatic carboxylic acids is 1. The molecular formula is C18H35O4-. The number of rotatable bonds is 17. The lowest BCUT2D eigenvalue weighted by Gasteiger charge is -2.10. The van der Waals surface area contributed by atoms with Crippen molar-refractivity contribution in [3.8, 4) is 0 Å². The van der Waals surface area contributed by atoms with Gasteiger partial charge in [-0.1, -0.05) is 64.2 Å². The fourth-order valence-corrected chi connectivity index (χ4v) is 2.70. The monoisotopic (exact) mass is 315 g/mol. The minimum Gasteiger partial charge on any atom is -0.550 e. The summed E-state index contributed by atoms with van der Waals surface area (Å²) >= 11 is 0. The van der Waals surface area contributed by atoms with Gasteiger partial charge in [-0.3, -0.25) is 0 Å². The number of unbranched alkanes of at least 4 members (excludes halogenated alkanes) is 10. The van der Waals surface area contributed by atoms with Crippen molar-refractivity contribution in [2.45, 2.75) is 102 Å². The van der Waals surface area contributed by atoms with Gasteiger partial charge >= 0.3 is 0 Å². The van der Waals surface area contributed by atoms with E-state index in [1.54, 1.807) is 0 Å². The standard InChI is InChI=1S/C18H36O4/c19-16-12-8-4-3-6-10-14-17(20)13-9-5-1-2-7-11-15-18(21)22/h17,19-20H,1-16H2,(H,21,22)/p-1. The molecule has 0 spiro atoms. The number of carboxylic acid groups (broad SMARTS) is 1. The highest BCUT2D eigenvalue weighted by atomic mass is 16.4. The molecule has 0 amide bonds. The largest absolute Gasteiger partial charge is 0.550 e. The summed E-state index contributed by atoms with van der Waals surface area (Å²) in [7, 11) is 0. The topological polar surface area (TPSA) is 80.6 Å². The lowest BCUT2D eigenvalue weighted by atomic mass is 10.0. The van der Waals surface area contributed by atoms with E-state index >= 15 is 0 Å². The van der Waals surface area contributed by atoms with Gasteiger partial charge in [-0.15, -0.1) is 0 Å². The predicted octanol–water partition coefficient (Wildman–Crippen LogP) is 2.94. The van der Waals surface area contributed by atoms with Crippen LogP contribution < -0.4 is 5.11 Å². The van der Waals surface area contributed by atoms with E-state index in [2.05, 4.69) is 0 Å². The van der Waals surface area contributed by atoms with Crippen molar-refractivity contribution >= 4 is 5.97 Å². The Morgan fingerprint density at radius 1 is 0.727 bits per heavy atom. The van der Waals surface area contributed by atoms with Crippen LogP contribution in [0, 0.1) is 0 Å². The summed E-state index contributed by atoms with van der Waals surface area (Å²) in [6, 6.07) is 0. The predicted molar refractivity (Wildman–Crippen MR) is 87.4 cm³/mol. The maximum atomic E-state index is 10.2. The van der Waals surface area contributed by atoms with Crippen molar-refractivity contribution in [1.82, 2.24) is 0 Å². The van der Waals surface area contributed by atoms with Gasteiger partial charge < -0.3 is 20.1 Å². The smallest absolute Gasteiger partial charge is 0.0540 e. The van der Waals surface area contributed by atoms with Crippen molar-refractivity contribution in [3.05, 3.63) is 0 Å². The van der Waals surface area contributed by atoms with E-state index in [0.717, 1.165) is 70.6 Å². The van der Waals surface area contributed by atoms with Gasteiger partial charge in [0.15, 0.2) is 0 Å². The van der Waals surface area contributed by atoms with Gasteiger partial charge in [-0.05, 0) is 32.1 Å². The number of carbonyl (C=O) groups is 1. The first-order valence-corrected chi connectivity index (χ1v) is 9.15. The van der Waals surface area contributed by atoms with Crippen molar-refractivity contribution in [3.63, 3.8) is 0 Å². The Bertz CT molecular complexity index is 243. The number of carbonyl (C=O) groups excluding carboxylic acids is 1. The first-order valence-electron chi connectivity index (χ1n) is 9.15. The van der Waals surface area contributed by atoms with E-state index in [1.807, 2.05) is 0 Å². The Morgan fingerprint density at radius 2 is 1.14 bits per heavy atom. The summed E-state index contributed by atoms with van der Waals surface area (Å²) < 4.78 is 0.